The van der Waals surface area contributed by atoms with Crippen LogP contribution in [0.3, 0.4) is 0 Å². The molecule has 8 nitrogen and oxygen atoms in total. The first-order valence-electron chi connectivity index (χ1n) is 8.69. The van der Waals surface area contributed by atoms with Crippen LogP contribution in [0.25, 0.3) is 0 Å². The molecule has 4 rings (SSSR count). The lowest BCUT2D eigenvalue weighted by Gasteiger charge is -2.24. The number of H-pyrrole nitrogens is 1. The third kappa shape index (κ3) is 3.26. The smallest absolute Gasteiger partial charge is 0.257 e. The Morgan fingerprint density at radius 1 is 1.36 bits per heavy atom. The molecule has 25 heavy (non-hydrogen) atoms. The summed E-state index contributed by atoms with van der Waals surface area (Å²) in [6.45, 7) is 3.03. The fourth-order valence-corrected chi connectivity index (χ4v) is 3.41. The Hall–Kier alpha value is -2.35. The van der Waals surface area contributed by atoms with E-state index in [0.717, 1.165) is 30.8 Å². The van der Waals surface area contributed by atoms with Crippen LogP contribution < -0.4 is 0 Å². The van der Waals surface area contributed by atoms with Crippen molar-refractivity contribution < 1.29 is 9.53 Å². The van der Waals surface area contributed by atoms with E-state index in [1.165, 1.54) is 6.33 Å². The largest absolute Gasteiger partial charge is 0.376 e. The van der Waals surface area contributed by atoms with Crippen LogP contribution in [0.2, 0.25) is 0 Å². The molecule has 132 valence electrons. The number of nitrogens with one attached hydrogen (secondary N) is 1. The lowest BCUT2D eigenvalue weighted by atomic mass is 10.00. The van der Waals surface area contributed by atoms with Gasteiger partial charge in [-0.15, -0.1) is 0 Å². The highest BCUT2D eigenvalue weighted by atomic mass is 16.5. The van der Waals surface area contributed by atoms with E-state index in [1.54, 1.807) is 18.1 Å². The van der Waals surface area contributed by atoms with Gasteiger partial charge in [0.1, 0.15) is 18.0 Å². The van der Waals surface area contributed by atoms with Crippen molar-refractivity contribution in [1.82, 2.24) is 30.0 Å². The Morgan fingerprint density at radius 2 is 2.20 bits per heavy atom. The Morgan fingerprint density at radius 3 is 2.92 bits per heavy atom. The minimum absolute atomic E-state index is 0.0475. The maximum absolute atomic E-state index is 12.9. The first kappa shape index (κ1) is 16.1. The second-order valence-corrected chi connectivity index (χ2v) is 6.85. The minimum Gasteiger partial charge on any atom is -0.376 e. The van der Waals surface area contributed by atoms with Crippen molar-refractivity contribution in [3.05, 3.63) is 35.4 Å². The first-order valence-corrected chi connectivity index (χ1v) is 8.69. The fourth-order valence-electron chi connectivity index (χ4n) is 3.41. The summed E-state index contributed by atoms with van der Waals surface area (Å²) >= 11 is 0. The summed E-state index contributed by atoms with van der Waals surface area (Å²) < 4.78 is 5.84. The van der Waals surface area contributed by atoms with E-state index in [1.807, 2.05) is 6.92 Å². The van der Waals surface area contributed by atoms with E-state index in [9.17, 15) is 4.79 Å². The van der Waals surface area contributed by atoms with E-state index < -0.39 is 0 Å². The van der Waals surface area contributed by atoms with Crippen molar-refractivity contribution in [3.63, 3.8) is 0 Å². The summed E-state index contributed by atoms with van der Waals surface area (Å²) in [6, 6.07) is 0. The number of nitrogens with zero attached hydrogens (tertiary/aromatic N) is 5. The van der Waals surface area contributed by atoms with Gasteiger partial charge < -0.3 is 9.64 Å². The molecule has 1 aliphatic heterocycles. The summed E-state index contributed by atoms with van der Waals surface area (Å²) in [6.07, 6.45) is 6.16. The number of carbonyl (C=O) groups is 1. The number of carbonyl (C=O) groups excluding carboxylic acids is 1. The molecule has 0 unspecified atom stereocenters. The lowest BCUT2D eigenvalue weighted by Crippen LogP contribution is -2.37. The second-order valence-electron chi connectivity index (χ2n) is 6.85. The van der Waals surface area contributed by atoms with E-state index in [2.05, 4.69) is 25.1 Å². The van der Waals surface area contributed by atoms with E-state index in [4.69, 9.17) is 4.74 Å². The van der Waals surface area contributed by atoms with Gasteiger partial charge >= 0.3 is 0 Å². The molecule has 2 aromatic heterocycles. The fraction of sp³-hybridized carbons (Fsp3) is 0.588. The third-order valence-electron chi connectivity index (χ3n) is 4.93. The summed E-state index contributed by atoms with van der Waals surface area (Å²) in [5, 5.41) is 6.84. The SMILES string of the molecule is Cc1ncc(C(=O)N(C)C[C@H]2OCC[C@H]2c2ncn[nH]2)c(C2CC2)n1. The number of aromatic nitrogens is 5. The Bertz CT molecular complexity index is 759. The van der Waals surface area contributed by atoms with Crippen LogP contribution in [0, 0.1) is 6.92 Å². The van der Waals surface area contributed by atoms with Gasteiger partial charge in [-0.05, 0) is 26.2 Å². The first-order chi connectivity index (χ1) is 12.1. The van der Waals surface area contributed by atoms with Gasteiger partial charge in [-0.3, -0.25) is 9.89 Å². The maximum atomic E-state index is 12.9. The highest BCUT2D eigenvalue weighted by Crippen LogP contribution is 2.40. The zero-order valence-corrected chi connectivity index (χ0v) is 14.5. The number of likely N-dealkylation sites (N-methyl/N-ethyl adjacent to an activating group) is 1. The average molecular weight is 342 g/mol. The Labute approximate surface area is 146 Å². The molecule has 2 aromatic rings. The van der Waals surface area contributed by atoms with Crippen LogP contribution in [0.5, 0.6) is 0 Å². The molecule has 2 atom stereocenters. The van der Waals surface area contributed by atoms with Gasteiger partial charge in [0.05, 0.1) is 17.4 Å². The summed E-state index contributed by atoms with van der Waals surface area (Å²) in [4.78, 5) is 27.6. The normalized spacial score (nSPS) is 23.0. The third-order valence-corrected chi connectivity index (χ3v) is 4.93. The molecule has 1 N–H and O–H groups in total. The second kappa shape index (κ2) is 6.51. The Balaban J connectivity index is 1.49. The van der Waals surface area contributed by atoms with Crippen LogP contribution in [0.1, 0.15) is 58.8 Å². The van der Waals surface area contributed by atoms with E-state index in [0.29, 0.717) is 30.5 Å². The summed E-state index contributed by atoms with van der Waals surface area (Å²) in [5.74, 6) is 2.02. The van der Waals surface area contributed by atoms with Crippen molar-refractivity contribution in [2.24, 2.45) is 0 Å². The number of hydrogen-bond donors (Lipinski definition) is 1. The monoisotopic (exact) mass is 342 g/mol. The van der Waals surface area contributed by atoms with Gasteiger partial charge in [0.15, 0.2) is 0 Å². The topological polar surface area (TPSA) is 96.9 Å². The number of ether oxygens (including phenoxy) is 1. The van der Waals surface area contributed by atoms with Crippen LogP contribution >= 0.6 is 0 Å². The number of rotatable bonds is 5. The van der Waals surface area contributed by atoms with Gasteiger partial charge in [0, 0.05) is 38.2 Å². The van der Waals surface area contributed by atoms with Crippen LogP contribution in [0.15, 0.2) is 12.5 Å². The molecule has 0 bridgehead atoms. The average Bonchev–Trinajstić information content (AvgIpc) is 3.11. The molecule has 1 saturated heterocycles. The summed E-state index contributed by atoms with van der Waals surface area (Å²) in [7, 11) is 1.80. The van der Waals surface area contributed by atoms with Gasteiger partial charge in [-0.25, -0.2) is 15.0 Å². The zero-order chi connectivity index (χ0) is 17.4. The molecule has 0 aromatic carbocycles. The number of hydrogen-bond acceptors (Lipinski definition) is 6. The lowest BCUT2D eigenvalue weighted by molar-refractivity contribution is 0.0548. The highest BCUT2D eigenvalue weighted by Gasteiger charge is 2.35. The summed E-state index contributed by atoms with van der Waals surface area (Å²) in [5.41, 5.74) is 1.51. The quantitative estimate of drug-likeness (QED) is 0.883. The van der Waals surface area contributed by atoms with Crippen LogP contribution in [0.4, 0.5) is 0 Å². The van der Waals surface area contributed by atoms with Crippen molar-refractivity contribution in [1.29, 1.82) is 0 Å². The van der Waals surface area contributed by atoms with Gasteiger partial charge in [0.25, 0.3) is 5.91 Å². The predicted molar refractivity (Wildman–Crippen MR) is 89.2 cm³/mol. The van der Waals surface area contributed by atoms with Crippen molar-refractivity contribution in [2.45, 2.75) is 44.1 Å². The molecular weight excluding hydrogens is 320 g/mol. The molecule has 1 saturated carbocycles. The van der Waals surface area contributed by atoms with Gasteiger partial charge in [-0.2, -0.15) is 5.10 Å². The standard InChI is InChI=1S/C17H22N6O2/c1-10-18-7-13(15(21-10)11-3-4-11)17(24)23(2)8-14-12(5-6-25-14)16-19-9-20-22-16/h7,9,11-12,14H,3-6,8H2,1-2H3,(H,19,20,22)/t12-,14-/m1/s1. The predicted octanol–water partition coefficient (Wildman–Crippen LogP) is 1.43. The molecule has 0 radical (unpaired) electrons. The van der Waals surface area contributed by atoms with Crippen molar-refractivity contribution in [3.8, 4) is 0 Å². The molecule has 2 fully saturated rings. The Kier molecular flexibility index (Phi) is 4.20. The van der Waals surface area contributed by atoms with Crippen molar-refractivity contribution >= 4 is 5.91 Å². The highest BCUT2D eigenvalue weighted by molar-refractivity contribution is 5.95. The molecule has 0 spiro atoms. The van der Waals surface area contributed by atoms with Gasteiger partial charge in [-0.1, -0.05) is 0 Å². The number of aromatic amines is 1. The van der Waals surface area contributed by atoms with E-state index in [-0.39, 0.29) is 17.9 Å². The molecule has 2 aliphatic rings. The minimum atomic E-state index is -0.0855. The number of aryl methyl sites for hydroxylation is 1. The van der Waals surface area contributed by atoms with E-state index >= 15 is 0 Å². The molecule has 1 amide bonds. The molecular formula is C17H22N6O2. The molecule has 8 heteroatoms. The number of amides is 1. The molecule has 3 heterocycles. The van der Waals surface area contributed by atoms with Crippen molar-refractivity contribution in [2.75, 3.05) is 20.2 Å². The van der Waals surface area contributed by atoms with Crippen LogP contribution in [-0.2, 0) is 4.74 Å². The van der Waals surface area contributed by atoms with Gasteiger partial charge in [0.2, 0.25) is 0 Å². The van der Waals surface area contributed by atoms with Crippen LogP contribution in [-0.4, -0.2) is 62.3 Å². The molecule has 1 aliphatic carbocycles. The zero-order valence-electron chi connectivity index (χ0n) is 14.5. The maximum Gasteiger partial charge on any atom is 0.257 e.